The summed E-state index contributed by atoms with van der Waals surface area (Å²) in [5.41, 5.74) is 2.01. The fraction of sp³-hybridized carbons (Fsp3) is 0.250. The summed E-state index contributed by atoms with van der Waals surface area (Å²) in [6.45, 7) is 0.131. The van der Waals surface area contributed by atoms with Gasteiger partial charge in [0.2, 0.25) is 5.91 Å². The van der Waals surface area contributed by atoms with Crippen molar-refractivity contribution < 1.29 is 19.1 Å². The van der Waals surface area contributed by atoms with E-state index in [4.69, 9.17) is 27.9 Å². The van der Waals surface area contributed by atoms with E-state index in [0.717, 1.165) is 23.3 Å². The second-order valence-corrected chi connectivity index (χ2v) is 7.44. The van der Waals surface area contributed by atoms with Gasteiger partial charge in [-0.25, -0.2) is 0 Å². The monoisotopic (exact) mass is 418 g/mol. The molecule has 0 N–H and O–H groups in total. The number of carbonyl (C=O) groups is 3. The molecule has 8 heteroatoms. The third-order valence-electron chi connectivity index (χ3n) is 5.01. The standard InChI is InChI=1S/C20H16Cl2N2O4/c1-28-16-6-2-4-11-5-3-7-23(18(11)16)17(25)10-24-19(26)12-8-14(21)15(22)9-13(12)20(24)27/h2,4,6,8-9H,3,5,7,10H2,1H3. The number of imide groups is 1. The number of hydrogen-bond acceptors (Lipinski definition) is 4. The van der Waals surface area contributed by atoms with Gasteiger partial charge < -0.3 is 9.64 Å². The number of halogens is 2. The van der Waals surface area contributed by atoms with Gasteiger partial charge in [-0.05, 0) is 36.6 Å². The number of nitrogens with zero attached hydrogens (tertiary/aromatic N) is 2. The molecule has 2 heterocycles. The van der Waals surface area contributed by atoms with Crippen LogP contribution in [0.1, 0.15) is 32.7 Å². The van der Waals surface area contributed by atoms with Gasteiger partial charge in [0.25, 0.3) is 11.8 Å². The van der Waals surface area contributed by atoms with Crippen molar-refractivity contribution >= 4 is 46.6 Å². The smallest absolute Gasteiger partial charge is 0.262 e. The summed E-state index contributed by atoms with van der Waals surface area (Å²) in [4.78, 5) is 40.9. The number of carbonyl (C=O) groups excluding carboxylic acids is 3. The maximum Gasteiger partial charge on any atom is 0.262 e. The van der Waals surface area contributed by atoms with E-state index in [1.807, 2.05) is 12.1 Å². The minimum atomic E-state index is -0.552. The van der Waals surface area contributed by atoms with Crippen molar-refractivity contribution in [1.29, 1.82) is 0 Å². The van der Waals surface area contributed by atoms with Crippen LogP contribution in [0.25, 0.3) is 0 Å². The molecule has 0 aliphatic carbocycles. The highest BCUT2D eigenvalue weighted by atomic mass is 35.5. The first kappa shape index (κ1) is 18.8. The average Bonchev–Trinajstić information content (AvgIpc) is 2.91. The molecule has 0 bridgehead atoms. The number of aryl methyl sites for hydroxylation is 1. The molecule has 3 amide bonds. The summed E-state index contributed by atoms with van der Waals surface area (Å²) in [5, 5.41) is 0.369. The van der Waals surface area contributed by atoms with Crippen LogP contribution in [0.4, 0.5) is 5.69 Å². The molecular weight excluding hydrogens is 403 g/mol. The molecule has 6 nitrogen and oxygen atoms in total. The number of benzene rings is 2. The average molecular weight is 419 g/mol. The molecule has 0 spiro atoms. The van der Waals surface area contributed by atoms with Crippen LogP contribution in [0.2, 0.25) is 10.0 Å². The number of amides is 3. The van der Waals surface area contributed by atoms with Gasteiger partial charge >= 0.3 is 0 Å². The van der Waals surface area contributed by atoms with E-state index in [1.54, 1.807) is 18.1 Å². The second-order valence-electron chi connectivity index (χ2n) is 6.63. The second kappa shape index (κ2) is 7.11. The Kier molecular flexibility index (Phi) is 4.77. The van der Waals surface area contributed by atoms with Crippen LogP contribution in [0.5, 0.6) is 5.75 Å². The predicted molar refractivity (Wildman–Crippen MR) is 105 cm³/mol. The van der Waals surface area contributed by atoms with Gasteiger partial charge in [0.15, 0.2) is 0 Å². The van der Waals surface area contributed by atoms with Crippen molar-refractivity contribution in [1.82, 2.24) is 4.90 Å². The molecule has 0 saturated carbocycles. The van der Waals surface area contributed by atoms with E-state index < -0.39 is 11.8 Å². The minimum absolute atomic E-state index is 0.156. The van der Waals surface area contributed by atoms with Crippen LogP contribution < -0.4 is 9.64 Å². The third kappa shape index (κ3) is 2.93. The maximum atomic E-state index is 13.0. The lowest BCUT2D eigenvalue weighted by Crippen LogP contribution is -2.44. The van der Waals surface area contributed by atoms with Crippen LogP contribution in [0.3, 0.4) is 0 Å². The van der Waals surface area contributed by atoms with Gasteiger partial charge in [-0.2, -0.15) is 0 Å². The zero-order valence-electron chi connectivity index (χ0n) is 15.0. The SMILES string of the molecule is COc1cccc2c1N(C(=O)CN1C(=O)c3cc(Cl)c(Cl)cc3C1=O)CCC2. The number of hydrogen-bond donors (Lipinski definition) is 0. The molecular formula is C20H16Cl2N2O4. The summed E-state index contributed by atoms with van der Waals surface area (Å²) in [6.07, 6.45) is 1.62. The lowest BCUT2D eigenvalue weighted by atomic mass is 10.0. The maximum absolute atomic E-state index is 13.0. The van der Waals surface area contributed by atoms with Crippen LogP contribution in [0.15, 0.2) is 30.3 Å². The van der Waals surface area contributed by atoms with E-state index in [2.05, 4.69) is 0 Å². The Bertz CT molecular complexity index is 966. The van der Waals surface area contributed by atoms with Gasteiger partial charge in [0, 0.05) is 6.54 Å². The highest BCUT2D eigenvalue weighted by Gasteiger charge is 2.39. The third-order valence-corrected chi connectivity index (χ3v) is 5.73. The number of rotatable bonds is 3. The lowest BCUT2D eigenvalue weighted by molar-refractivity contribution is -0.119. The van der Waals surface area contributed by atoms with Gasteiger partial charge in [0.1, 0.15) is 12.3 Å². The number of para-hydroxylation sites is 1. The fourth-order valence-electron chi connectivity index (χ4n) is 3.68. The van der Waals surface area contributed by atoms with E-state index >= 15 is 0 Å². The largest absolute Gasteiger partial charge is 0.495 e. The van der Waals surface area contributed by atoms with Crippen molar-refractivity contribution in [2.45, 2.75) is 12.8 Å². The minimum Gasteiger partial charge on any atom is -0.495 e. The normalized spacial score (nSPS) is 15.5. The van der Waals surface area contributed by atoms with E-state index in [-0.39, 0.29) is 33.6 Å². The molecule has 0 saturated heterocycles. The van der Waals surface area contributed by atoms with E-state index in [0.29, 0.717) is 18.0 Å². The predicted octanol–water partition coefficient (Wildman–Crippen LogP) is 3.58. The number of methoxy groups -OCH3 is 1. The molecule has 2 aromatic rings. The first-order valence-corrected chi connectivity index (χ1v) is 9.49. The summed E-state index contributed by atoms with van der Waals surface area (Å²) in [6, 6.07) is 8.34. The first-order valence-electron chi connectivity index (χ1n) is 8.74. The number of ether oxygens (including phenoxy) is 1. The van der Waals surface area contributed by atoms with Crippen molar-refractivity contribution in [2.24, 2.45) is 0 Å². The van der Waals surface area contributed by atoms with Gasteiger partial charge in [-0.15, -0.1) is 0 Å². The first-order chi connectivity index (χ1) is 13.4. The highest BCUT2D eigenvalue weighted by molar-refractivity contribution is 6.43. The quantitative estimate of drug-likeness (QED) is 0.714. The lowest BCUT2D eigenvalue weighted by Gasteiger charge is -2.31. The number of fused-ring (bicyclic) bond motifs is 2. The number of anilines is 1. The molecule has 28 heavy (non-hydrogen) atoms. The molecule has 4 rings (SSSR count). The molecule has 2 aromatic carbocycles. The molecule has 2 aliphatic rings. The highest BCUT2D eigenvalue weighted by Crippen LogP contribution is 2.37. The molecule has 2 aliphatic heterocycles. The zero-order chi connectivity index (χ0) is 20.0. The summed E-state index contributed by atoms with van der Waals surface area (Å²) < 4.78 is 5.41. The Morgan fingerprint density at radius 3 is 2.36 bits per heavy atom. The van der Waals surface area contributed by atoms with Crippen molar-refractivity contribution in [2.75, 3.05) is 25.1 Å². The molecule has 0 aromatic heterocycles. The Labute approximate surface area is 171 Å². The Morgan fingerprint density at radius 1 is 1.11 bits per heavy atom. The Balaban J connectivity index is 1.63. The van der Waals surface area contributed by atoms with Gasteiger partial charge in [0.05, 0.1) is 34.0 Å². The van der Waals surface area contributed by atoms with Crippen LogP contribution in [-0.4, -0.2) is 42.8 Å². The fourth-order valence-corrected chi connectivity index (χ4v) is 4.00. The van der Waals surface area contributed by atoms with Crippen molar-refractivity contribution in [3.8, 4) is 5.75 Å². The van der Waals surface area contributed by atoms with Crippen molar-refractivity contribution in [3.05, 3.63) is 57.1 Å². The Morgan fingerprint density at radius 2 is 1.75 bits per heavy atom. The molecule has 0 atom stereocenters. The molecule has 0 fully saturated rings. The Hall–Kier alpha value is -2.57. The topological polar surface area (TPSA) is 66.9 Å². The summed E-state index contributed by atoms with van der Waals surface area (Å²) >= 11 is 11.9. The zero-order valence-corrected chi connectivity index (χ0v) is 16.5. The van der Waals surface area contributed by atoms with E-state index in [9.17, 15) is 14.4 Å². The van der Waals surface area contributed by atoms with Crippen molar-refractivity contribution in [3.63, 3.8) is 0 Å². The summed E-state index contributed by atoms with van der Waals surface area (Å²) in [7, 11) is 1.55. The summed E-state index contributed by atoms with van der Waals surface area (Å²) in [5.74, 6) is -0.864. The molecule has 144 valence electrons. The van der Waals surface area contributed by atoms with Crippen LogP contribution in [-0.2, 0) is 11.2 Å². The van der Waals surface area contributed by atoms with E-state index in [1.165, 1.54) is 12.1 Å². The van der Waals surface area contributed by atoms with Crippen LogP contribution in [0, 0.1) is 0 Å². The van der Waals surface area contributed by atoms with Crippen LogP contribution >= 0.6 is 23.2 Å². The molecule has 0 unspecified atom stereocenters. The van der Waals surface area contributed by atoms with Gasteiger partial charge in [-0.1, -0.05) is 35.3 Å². The van der Waals surface area contributed by atoms with Gasteiger partial charge in [-0.3, -0.25) is 19.3 Å². The molecule has 0 radical (unpaired) electrons.